The van der Waals surface area contributed by atoms with Crippen LogP contribution in [0, 0.1) is 5.82 Å². The van der Waals surface area contributed by atoms with Gasteiger partial charge in [0, 0.05) is 5.02 Å². The van der Waals surface area contributed by atoms with Crippen LogP contribution in [-0.4, -0.2) is 44.0 Å². The molecule has 2 fully saturated rings. The summed E-state index contributed by atoms with van der Waals surface area (Å²) >= 11 is 6.00. The maximum absolute atomic E-state index is 14.0. The highest BCUT2D eigenvalue weighted by molar-refractivity contribution is 6.31. The van der Waals surface area contributed by atoms with E-state index in [1.807, 2.05) is 11.0 Å². The predicted octanol–water partition coefficient (Wildman–Crippen LogP) is 1.52. The molecule has 2 saturated heterocycles. The van der Waals surface area contributed by atoms with Crippen LogP contribution >= 0.6 is 11.6 Å². The molecule has 0 saturated carbocycles. The molecule has 0 unspecified atom stereocenters. The van der Waals surface area contributed by atoms with Crippen LogP contribution in [0.25, 0.3) is 0 Å². The summed E-state index contributed by atoms with van der Waals surface area (Å²) in [4.78, 5) is 29.7. The van der Waals surface area contributed by atoms with Crippen LogP contribution in [0.4, 0.5) is 15.8 Å². The first-order valence-electron chi connectivity index (χ1n) is 9.01. The van der Waals surface area contributed by atoms with Crippen molar-refractivity contribution >= 4 is 34.8 Å². The Labute approximate surface area is 161 Å². The average Bonchev–Trinajstić information content (AvgIpc) is 2.96. The predicted molar refractivity (Wildman–Crippen MR) is 102 cm³/mol. The Bertz CT molecular complexity index is 883. The summed E-state index contributed by atoms with van der Waals surface area (Å²) in [5.74, 6) is -0.617. The molecule has 2 aromatic rings. The number of piperazine rings is 1. The number of benzene rings is 2. The zero-order valence-corrected chi connectivity index (χ0v) is 15.5. The van der Waals surface area contributed by atoms with Crippen molar-refractivity contribution in [3.8, 4) is 0 Å². The minimum absolute atomic E-state index is 0.184. The van der Waals surface area contributed by atoms with E-state index in [0.29, 0.717) is 42.6 Å². The Morgan fingerprint density at radius 1 is 1.04 bits per heavy atom. The lowest BCUT2D eigenvalue weighted by Crippen LogP contribution is -3.19. The van der Waals surface area contributed by atoms with E-state index in [9.17, 15) is 14.0 Å². The molecule has 1 atom stereocenters. The van der Waals surface area contributed by atoms with E-state index in [1.54, 1.807) is 36.4 Å². The summed E-state index contributed by atoms with van der Waals surface area (Å²) in [5.41, 5.74) is 1.11. The summed E-state index contributed by atoms with van der Waals surface area (Å²) in [5, 5.41) is 0.488. The van der Waals surface area contributed by atoms with Crippen LogP contribution in [0.15, 0.2) is 48.5 Å². The number of nitrogens with zero attached hydrogens (tertiary/aromatic N) is 2. The van der Waals surface area contributed by atoms with E-state index in [1.165, 1.54) is 11.0 Å². The van der Waals surface area contributed by atoms with Gasteiger partial charge in [-0.05, 0) is 30.3 Å². The standard InChI is InChI=1S/C20H19ClFN3O2/c21-14-4-3-5-15(12-14)25-19(26)13-18(20(25)27)24-10-8-23(9-11-24)17-7-2-1-6-16(17)22/h1-7,12,18H,8-11,13H2/p+1/t18-/m1/s1. The van der Waals surface area contributed by atoms with Gasteiger partial charge in [-0.25, -0.2) is 9.29 Å². The molecule has 4 rings (SSSR count). The van der Waals surface area contributed by atoms with Crippen molar-refractivity contribution in [2.24, 2.45) is 0 Å². The van der Waals surface area contributed by atoms with Gasteiger partial charge >= 0.3 is 0 Å². The highest BCUT2D eigenvalue weighted by Gasteiger charge is 2.46. The van der Waals surface area contributed by atoms with Crippen molar-refractivity contribution in [2.45, 2.75) is 12.5 Å². The van der Waals surface area contributed by atoms with Gasteiger partial charge < -0.3 is 9.80 Å². The number of rotatable bonds is 3. The summed E-state index contributed by atoms with van der Waals surface area (Å²) in [6.07, 6.45) is 0.195. The molecule has 0 aromatic heterocycles. The number of nitrogens with one attached hydrogen (secondary N) is 1. The summed E-state index contributed by atoms with van der Waals surface area (Å²) in [7, 11) is 0. The monoisotopic (exact) mass is 388 g/mol. The van der Waals surface area contributed by atoms with Gasteiger partial charge in [0.2, 0.25) is 5.91 Å². The van der Waals surface area contributed by atoms with Crippen LogP contribution in [0.5, 0.6) is 0 Å². The number of carbonyl (C=O) groups is 2. The van der Waals surface area contributed by atoms with Crippen molar-refractivity contribution < 1.29 is 18.9 Å². The molecule has 0 bridgehead atoms. The zero-order chi connectivity index (χ0) is 19.0. The number of hydrogen-bond donors (Lipinski definition) is 1. The molecule has 2 amide bonds. The minimum atomic E-state index is -0.390. The molecule has 1 N–H and O–H groups in total. The third-order valence-electron chi connectivity index (χ3n) is 5.30. The van der Waals surface area contributed by atoms with Crippen LogP contribution < -0.4 is 14.7 Å². The van der Waals surface area contributed by atoms with Crippen molar-refractivity contribution in [1.29, 1.82) is 0 Å². The second-order valence-electron chi connectivity index (χ2n) is 6.90. The molecule has 140 valence electrons. The van der Waals surface area contributed by atoms with Gasteiger partial charge in [0.05, 0.1) is 44.0 Å². The Morgan fingerprint density at radius 3 is 2.48 bits per heavy atom. The van der Waals surface area contributed by atoms with Crippen LogP contribution in [0.1, 0.15) is 6.42 Å². The Morgan fingerprint density at radius 2 is 1.78 bits per heavy atom. The lowest BCUT2D eigenvalue weighted by atomic mass is 10.1. The lowest BCUT2D eigenvalue weighted by molar-refractivity contribution is -0.915. The van der Waals surface area contributed by atoms with E-state index < -0.39 is 0 Å². The van der Waals surface area contributed by atoms with Gasteiger partial charge in [0.25, 0.3) is 5.91 Å². The molecule has 2 aromatic carbocycles. The fourth-order valence-corrected chi connectivity index (χ4v) is 4.11. The van der Waals surface area contributed by atoms with E-state index >= 15 is 0 Å². The molecule has 2 aliphatic rings. The molecule has 0 radical (unpaired) electrons. The minimum Gasteiger partial charge on any atom is -0.358 e. The molecular weight excluding hydrogens is 369 g/mol. The van der Waals surface area contributed by atoms with Crippen molar-refractivity contribution in [1.82, 2.24) is 0 Å². The molecule has 0 aliphatic carbocycles. The first-order chi connectivity index (χ1) is 13.0. The fourth-order valence-electron chi connectivity index (χ4n) is 3.93. The van der Waals surface area contributed by atoms with E-state index in [0.717, 1.165) is 4.90 Å². The Balaban J connectivity index is 1.45. The first-order valence-corrected chi connectivity index (χ1v) is 9.39. The molecular formula is C20H20ClFN3O2+. The van der Waals surface area contributed by atoms with Crippen LogP contribution in [-0.2, 0) is 9.59 Å². The number of hydrogen-bond acceptors (Lipinski definition) is 3. The van der Waals surface area contributed by atoms with Gasteiger partial charge in [-0.15, -0.1) is 0 Å². The Kier molecular flexibility index (Phi) is 4.85. The number of quaternary nitrogens is 1. The highest BCUT2D eigenvalue weighted by atomic mass is 35.5. The molecule has 2 heterocycles. The van der Waals surface area contributed by atoms with E-state index in [-0.39, 0.29) is 30.1 Å². The number of carbonyl (C=O) groups excluding carboxylic acids is 2. The van der Waals surface area contributed by atoms with E-state index in [2.05, 4.69) is 0 Å². The number of amides is 2. The maximum Gasteiger partial charge on any atom is 0.292 e. The smallest absolute Gasteiger partial charge is 0.292 e. The van der Waals surface area contributed by atoms with Gasteiger partial charge in [0.1, 0.15) is 5.82 Å². The second-order valence-corrected chi connectivity index (χ2v) is 7.34. The second kappa shape index (κ2) is 7.29. The third kappa shape index (κ3) is 3.42. The van der Waals surface area contributed by atoms with Gasteiger partial charge in [0.15, 0.2) is 6.04 Å². The van der Waals surface area contributed by atoms with Crippen molar-refractivity contribution in [2.75, 3.05) is 36.0 Å². The highest BCUT2D eigenvalue weighted by Crippen LogP contribution is 2.25. The van der Waals surface area contributed by atoms with Crippen molar-refractivity contribution in [3.05, 3.63) is 59.4 Å². The largest absolute Gasteiger partial charge is 0.358 e. The molecule has 7 heteroatoms. The van der Waals surface area contributed by atoms with Crippen molar-refractivity contribution in [3.63, 3.8) is 0 Å². The molecule has 2 aliphatic heterocycles. The van der Waals surface area contributed by atoms with Gasteiger partial charge in [-0.2, -0.15) is 0 Å². The maximum atomic E-state index is 14.0. The summed E-state index contributed by atoms with van der Waals surface area (Å²) in [6, 6.07) is 13.1. The van der Waals surface area contributed by atoms with E-state index in [4.69, 9.17) is 11.6 Å². The molecule has 0 spiro atoms. The number of anilines is 2. The lowest BCUT2D eigenvalue weighted by Gasteiger charge is -2.35. The first kappa shape index (κ1) is 17.9. The van der Waals surface area contributed by atoms with Crippen LogP contribution in [0.3, 0.4) is 0 Å². The van der Waals surface area contributed by atoms with Crippen LogP contribution in [0.2, 0.25) is 5.02 Å². The van der Waals surface area contributed by atoms with Gasteiger partial charge in [-0.3, -0.25) is 9.59 Å². The fraction of sp³-hybridized carbons (Fsp3) is 0.300. The molecule has 5 nitrogen and oxygen atoms in total. The Hall–Kier alpha value is -2.44. The normalized spacial score (nSPS) is 21.2. The number of para-hydroxylation sites is 1. The zero-order valence-electron chi connectivity index (χ0n) is 14.7. The summed E-state index contributed by atoms with van der Waals surface area (Å²) in [6.45, 7) is 2.65. The SMILES string of the molecule is O=C1C[C@@H]([NH+]2CCN(c3ccccc3F)CC2)C(=O)N1c1cccc(Cl)c1. The van der Waals surface area contributed by atoms with Gasteiger partial charge in [-0.1, -0.05) is 29.8 Å². The quantitative estimate of drug-likeness (QED) is 0.811. The summed E-state index contributed by atoms with van der Waals surface area (Å²) < 4.78 is 14.0. The third-order valence-corrected chi connectivity index (χ3v) is 5.54. The number of halogens is 2. The average molecular weight is 389 g/mol. The molecule has 27 heavy (non-hydrogen) atoms. The topological polar surface area (TPSA) is 45.1 Å². The number of imide groups is 1.